The van der Waals surface area contributed by atoms with Gasteiger partial charge in [0.2, 0.25) is 16.3 Å². The summed E-state index contributed by atoms with van der Waals surface area (Å²) in [6, 6.07) is 0. The van der Waals surface area contributed by atoms with Crippen LogP contribution < -0.4 is 0 Å². The topological polar surface area (TPSA) is 0 Å². The zero-order chi connectivity index (χ0) is 6.81. The molecular weight excluding hydrogens is 140 g/mol. The first-order valence-corrected chi connectivity index (χ1v) is 4.73. The molecule has 2 aliphatic rings. The van der Waals surface area contributed by atoms with Crippen molar-refractivity contribution in [2.75, 3.05) is 0 Å². The Kier molecular flexibility index (Phi) is 1.68. The minimum Gasteiger partial charge on any atom is -0.0490 e. The summed E-state index contributed by atoms with van der Waals surface area (Å²) in [6.45, 7) is 0. The van der Waals surface area contributed by atoms with Crippen LogP contribution in [0.25, 0.3) is 0 Å². The Balaban J connectivity index is 2.26. The van der Waals surface area contributed by atoms with Gasteiger partial charge < -0.3 is 0 Å². The van der Waals surface area contributed by atoms with Gasteiger partial charge in [0.15, 0.2) is 5.37 Å². The van der Waals surface area contributed by atoms with Gasteiger partial charge in [-0.25, -0.2) is 0 Å². The van der Waals surface area contributed by atoms with E-state index in [4.69, 9.17) is 0 Å². The normalized spacial score (nSPS) is 23.2. The van der Waals surface area contributed by atoms with Crippen LogP contribution in [0.1, 0.15) is 25.7 Å². The van der Waals surface area contributed by atoms with Gasteiger partial charge in [0.05, 0.1) is 0 Å². The monoisotopic (exact) mass is 151 g/mol. The summed E-state index contributed by atoms with van der Waals surface area (Å²) in [7, 11) is 0. The van der Waals surface area contributed by atoms with Crippen molar-refractivity contribution in [2.24, 2.45) is 0 Å². The largest absolute Gasteiger partial charge is 0.230 e. The predicted molar refractivity (Wildman–Crippen MR) is 48.1 cm³/mol. The van der Waals surface area contributed by atoms with E-state index in [9.17, 15) is 0 Å². The number of hydrogen-bond acceptors (Lipinski definition) is 0. The standard InChI is InChI=1S/C9H11S/c1-2-5-8(4-1)9-6-3-7-10-9/h3,6-7H,1-2,4-5H2/q+1. The van der Waals surface area contributed by atoms with E-state index in [1.807, 2.05) is 11.4 Å². The summed E-state index contributed by atoms with van der Waals surface area (Å²) in [5.74, 6) is 0. The molecule has 0 amide bonds. The molecule has 0 aromatic rings. The smallest absolute Gasteiger partial charge is 0.0490 e. The maximum atomic E-state index is 2.24. The highest BCUT2D eigenvalue weighted by atomic mass is 32.1. The molecular formula is C9H11S+. The second-order valence-corrected chi connectivity index (χ2v) is 3.74. The summed E-state index contributed by atoms with van der Waals surface area (Å²) < 4.78 is 0. The maximum Gasteiger partial charge on any atom is 0.230 e. The fraction of sp³-hybridized carbons (Fsp3) is 0.444. The van der Waals surface area contributed by atoms with Crippen LogP contribution in [0.5, 0.6) is 0 Å². The molecule has 1 fully saturated rings. The lowest BCUT2D eigenvalue weighted by Crippen LogP contribution is -1.78. The van der Waals surface area contributed by atoms with E-state index in [1.54, 1.807) is 5.57 Å². The molecule has 0 aromatic carbocycles. The van der Waals surface area contributed by atoms with Gasteiger partial charge in [-0.3, -0.25) is 0 Å². The summed E-state index contributed by atoms with van der Waals surface area (Å²) in [5, 5.41) is 2.17. The summed E-state index contributed by atoms with van der Waals surface area (Å²) in [5.41, 5.74) is 1.69. The van der Waals surface area contributed by atoms with Crippen molar-refractivity contribution in [1.29, 1.82) is 0 Å². The van der Waals surface area contributed by atoms with Gasteiger partial charge in [0.1, 0.15) is 0 Å². The van der Waals surface area contributed by atoms with Crippen LogP contribution in [0, 0.1) is 0 Å². The van der Waals surface area contributed by atoms with E-state index in [0.717, 1.165) is 0 Å². The van der Waals surface area contributed by atoms with Crippen LogP contribution >= 0.6 is 0 Å². The second kappa shape index (κ2) is 2.67. The van der Waals surface area contributed by atoms with Gasteiger partial charge in [-0.1, -0.05) is 0 Å². The summed E-state index contributed by atoms with van der Waals surface area (Å²) in [4.78, 5) is 1.53. The van der Waals surface area contributed by atoms with Crippen molar-refractivity contribution < 1.29 is 0 Å². The van der Waals surface area contributed by atoms with Gasteiger partial charge in [-0.05, 0) is 31.3 Å². The van der Waals surface area contributed by atoms with Gasteiger partial charge in [-0.2, -0.15) is 0 Å². The van der Waals surface area contributed by atoms with Crippen LogP contribution in [0.15, 0.2) is 22.6 Å². The summed E-state index contributed by atoms with van der Waals surface area (Å²) in [6.07, 6.45) is 9.90. The molecule has 2 rings (SSSR count). The van der Waals surface area contributed by atoms with E-state index >= 15 is 0 Å². The van der Waals surface area contributed by atoms with E-state index in [-0.39, 0.29) is 0 Å². The number of hydrogen-bond donors (Lipinski definition) is 0. The molecule has 0 unspecified atom stereocenters. The molecule has 1 aliphatic carbocycles. The third kappa shape index (κ3) is 1.06. The van der Waals surface area contributed by atoms with Crippen molar-refractivity contribution in [3.63, 3.8) is 0 Å². The highest BCUT2D eigenvalue weighted by Gasteiger charge is 2.18. The molecule has 0 N–H and O–H groups in total. The SMILES string of the molecule is C1=CC(=C2CCCC2)[S+]=C1. The lowest BCUT2D eigenvalue weighted by Gasteiger charge is -1.86. The van der Waals surface area contributed by atoms with Crippen LogP contribution in [0.4, 0.5) is 0 Å². The Hall–Kier alpha value is -0.430. The van der Waals surface area contributed by atoms with Gasteiger partial charge in [0, 0.05) is 12.2 Å². The first-order valence-electron chi connectivity index (χ1n) is 3.85. The Bertz CT molecular complexity index is 199. The molecule has 10 heavy (non-hydrogen) atoms. The van der Waals surface area contributed by atoms with Crippen molar-refractivity contribution in [2.45, 2.75) is 25.7 Å². The molecule has 52 valence electrons. The molecule has 0 saturated heterocycles. The molecule has 1 heterocycles. The average molecular weight is 151 g/mol. The molecule has 0 bridgehead atoms. The molecule has 1 saturated carbocycles. The average Bonchev–Trinajstić information content (AvgIpc) is 2.59. The first-order chi connectivity index (χ1) is 4.97. The fourth-order valence-electron chi connectivity index (χ4n) is 1.53. The molecule has 1 heteroatoms. The van der Waals surface area contributed by atoms with Gasteiger partial charge in [0.25, 0.3) is 0 Å². The Morgan fingerprint density at radius 1 is 1.20 bits per heavy atom. The molecule has 0 spiro atoms. The van der Waals surface area contributed by atoms with Crippen molar-refractivity contribution in [3.8, 4) is 0 Å². The molecule has 0 aromatic heterocycles. The predicted octanol–water partition coefficient (Wildman–Crippen LogP) is 2.27. The van der Waals surface area contributed by atoms with E-state index in [1.165, 1.54) is 30.6 Å². The van der Waals surface area contributed by atoms with Gasteiger partial charge >= 0.3 is 0 Å². The second-order valence-electron chi connectivity index (χ2n) is 2.79. The van der Waals surface area contributed by atoms with Crippen molar-refractivity contribution in [3.05, 3.63) is 22.6 Å². The fourth-order valence-corrected chi connectivity index (χ4v) is 2.36. The third-order valence-electron chi connectivity index (χ3n) is 2.08. The van der Waals surface area contributed by atoms with Gasteiger partial charge in [-0.15, -0.1) is 0 Å². The number of allylic oxidation sites excluding steroid dienone is 3. The molecule has 1 aliphatic heterocycles. The maximum absolute atomic E-state index is 2.24. The highest BCUT2D eigenvalue weighted by Crippen LogP contribution is 2.27. The zero-order valence-corrected chi connectivity index (χ0v) is 6.79. The molecule has 0 nitrogen and oxygen atoms in total. The van der Waals surface area contributed by atoms with Crippen LogP contribution in [0.2, 0.25) is 0 Å². The van der Waals surface area contributed by atoms with Crippen LogP contribution in [0.3, 0.4) is 0 Å². The Morgan fingerprint density at radius 3 is 2.60 bits per heavy atom. The van der Waals surface area contributed by atoms with Crippen molar-refractivity contribution in [1.82, 2.24) is 0 Å². The van der Waals surface area contributed by atoms with E-state index in [2.05, 4.69) is 17.5 Å². The first kappa shape index (κ1) is 6.29. The molecule has 0 radical (unpaired) electrons. The van der Waals surface area contributed by atoms with E-state index in [0.29, 0.717) is 0 Å². The minimum atomic E-state index is 1.35. The third-order valence-corrected chi connectivity index (χ3v) is 3.05. The summed E-state index contributed by atoms with van der Waals surface area (Å²) >= 11 is 1.88. The van der Waals surface area contributed by atoms with E-state index < -0.39 is 0 Å². The van der Waals surface area contributed by atoms with Crippen LogP contribution in [-0.2, 0) is 11.4 Å². The molecule has 0 atom stereocenters. The number of rotatable bonds is 0. The van der Waals surface area contributed by atoms with Crippen LogP contribution in [-0.4, -0.2) is 5.37 Å². The zero-order valence-electron chi connectivity index (χ0n) is 5.97. The highest BCUT2D eigenvalue weighted by molar-refractivity contribution is 7.82. The Morgan fingerprint density at radius 2 is 2.00 bits per heavy atom. The quantitative estimate of drug-likeness (QED) is 0.368. The lowest BCUT2D eigenvalue weighted by atomic mass is 10.2. The Labute approximate surface area is 65.6 Å². The van der Waals surface area contributed by atoms with Crippen molar-refractivity contribution >= 4 is 16.7 Å². The minimum absolute atomic E-state index is 1.35. The lowest BCUT2D eigenvalue weighted by molar-refractivity contribution is 0.886.